The predicted octanol–water partition coefficient (Wildman–Crippen LogP) is 5.83. The van der Waals surface area contributed by atoms with E-state index in [4.69, 9.17) is 9.47 Å². The second-order valence-corrected chi connectivity index (χ2v) is 11.3. The van der Waals surface area contributed by atoms with Gasteiger partial charge in [-0.2, -0.15) is 0 Å². The molecule has 0 N–H and O–H groups in total. The van der Waals surface area contributed by atoms with Crippen molar-refractivity contribution in [1.29, 1.82) is 0 Å². The van der Waals surface area contributed by atoms with Gasteiger partial charge in [-0.1, -0.05) is 97.9 Å². The number of cyclic esters (lactones) is 2. The minimum atomic E-state index is -0.629. The number of carbonyl (C=O) groups excluding carboxylic acids is 4. The van der Waals surface area contributed by atoms with E-state index in [1.165, 1.54) is 9.80 Å². The number of rotatable bonds is 12. The minimum absolute atomic E-state index is 0.146. The molecule has 224 valence electrons. The molecule has 2 heterocycles. The molecule has 8 nitrogen and oxygen atoms in total. The van der Waals surface area contributed by atoms with Crippen LogP contribution in [-0.4, -0.2) is 59.1 Å². The highest BCUT2D eigenvalue weighted by molar-refractivity contribution is 5.96. The average molecular weight is 583 g/mol. The monoisotopic (exact) mass is 582 g/mol. The van der Waals surface area contributed by atoms with Gasteiger partial charge < -0.3 is 9.47 Å². The van der Waals surface area contributed by atoms with Crippen LogP contribution in [0.25, 0.3) is 0 Å². The van der Waals surface area contributed by atoms with Crippen LogP contribution in [0.3, 0.4) is 0 Å². The number of benzene rings is 3. The predicted molar refractivity (Wildman–Crippen MR) is 161 cm³/mol. The van der Waals surface area contributed by atoms with Gasteiger partial charge in [-0.25, -0.2) is 19.4 Å². The molecule has 2 aliphatic heterocycles. The van der Waals surface area contributed by atoms with Gasteiger partial charge in [-0.15, -0.1) is 0 Å². The largest absolute Gasteiger partial charge is 0.447 e. The van der Waals surface area contributed by atoms with Gasteiger partial charge in [0.25, 0.3) is 0 Å². The Bertz CT molecular complexity index is 1400. The normalized spacial score (nSPS) is 19.6. The molecule has 0 spiro atoms. The fourth-order valence-electron chi connectivity index (χ4n) is 6.04. The highest BCUT2D eigenvalue weighted by atomic mass is 16.6. The van der Waals surface area contributed by atoms with Gasteiger partial charge in [0.15, 0.2) is 0 Å². The van der Waals surface area contributed by atoms with E-state index in [1.54, 1.807) is 0 Å². The first-order valence-electron chi connectivity index (χ1n) is 15.1. The molecule has 3 aromatic rings. The van der Waals surface area contributed by atoms with Gasteiger partial charge in [0, 0.05) is 11.8 Å². The molecule has 3 aromatic carbocycles. The third-order valence-corrected chi connectivity index (χ3v) is 8.41. The van der Waals surface area contributed by atoms with Crippen LogP contribution in [0.5, 0.6) is 0 Å². The van der Waals surface area contributed by atoms with Crippen LogP contribution >= 0.6 is 0 Å². The molecule has 0 aliphatic carbocycles. The van der Waals surface area contributed by atoms with Crippen molar-refractivity contribution in [3.63, 3.8) is 0 Å². The number of carbonyl (C=O) groups is 4. The van der Waals surface area contributed by atoms with E-state index in [0.717, 1.165) is 16.7 Å². The summed E-state index contributed by atoms with van der Waals surface area (Å²) in [5.74, 6) is -1.59. The second-order valence-electron chi connectivity index (χ2n) is 11.3. The Balaban J connectivity index is 1.31. The molecule has 0 bridgehead atoms. The molecule has 4 atom stereocenters. The zero-order valence-electron chi connectivity index (χ0n) is 24.5. The SMILES string of the molecule is CC[C@@H](CC[C@H](Cc1ccccc1)C(=O)N1C(=O)OCC1Cc1ccccc1)C(=O)N1C(=O)OCC1Cc1ccccc1. The molecular formula is C35H38N2O6. The lowest BCUT2D eigenvalue weighted by Gasteiger charge is -2.28. The number of ether oxygens (including phenoxy) is 2. The molecule has 43 heavy (non-hydrogen) atoms. The van der Waals surface area contributed by atoms with Gasteiger partial charge >= 0.3 is 12.2 Å². The van der Waals surface area contributed by atoms with Gasteiger partial charge in [0.1, 0.15) is 13.2 Å². The van der Waals surface area contributed by atoms with Gasteiger partial charge in [0.2, 0.25) is 11.8 Å². The average Bonchev–Trinajstić information content (AvgIpc) is 3.58. The molecular weight excluding hydrogens is 544 g/mol. The lowest BCUT2D eigenvalue weighted by Crippen LogP contribution is -2.45. The number of amides is 4. The van der Waals surface area contributed by atoms with Crippen LogP contribution in [0, 0.1) is 11.8 Å². The van der Waals surface area contributed by atoms with Crippen molar-refractivity contribution in [3.05, 3.63) is 108 Å². The Labute approximate surface area is 252 Å². The Morgan fingerprint density at radius 3 is 1.49 bits per heavy atom. The molecule has 2 saturated heterocycles. The quantitative estimate of drug-likeness (QED) is 0.267. The minimum Gasteiger partial charge on any atom is -0.447 e. The van der Waals surface area contributed by atoms with Gasteiger partial charge in [-0.3, -0.25) is 9.59 Å². The van der Waals surface area contributed by atoms with Crippen LogP contribution in [-0.2, 0) is 38.3 Å². The summed E-state index contributed by atoms with van der Waals surface area (Å²) in [7, 11) is 0. The molecule has 0 saturated carbocycles. The van der Waals surface area contributed by atoms with E-state index in [1.807, 2.05) is 97.9 Å². The van der Waals surface area contributed by atoms with Gasteiger partial charge in [-0.05, 0) is 55.2 Å². The highest BCUT2D eigenvalue weighted by Crippen LogP contribution is 2.29. The van der Waals surface area contributed by atoms with Crippen molar-refractivity contribution < 1.29 is 28.7 Å². The molecule has 0 radical (unpaired) electrons. The third kappa shape index (κ3) is 7.31. The molecule has 4 amide bonds. The summed E-state index contributed by atoms with van der Waals surface area (Å²) in [4.78, 5) is 55.9. The molecule has 0 aromatic heterocycles. The second kappa shape index (κ2) is 14.1. The fourth-order valence-corrected chi connectivity index (χ4v) is 6.04. The van der Waals surface area contributed by atoms with Crippen molar-refractivity contribution in [2.24, 2.45) is 11.8 Å². The molecule has 5 rings (SSSR count). The van der Waals surface area contributed by atoms with Crippen LogP contribution in [0.15, 0.2) is 91.0 Å². The van der Waals surface area contributed by atoms with Crippen molar-refractivity contribution >= 4 is 24.0 Å². The summed E-state index contributed by atoms with van der Waals surface area (Å²) >= 11 is 0. The summed E-state index contributed by atoms with van der Waals surface area (Å²) < 4.78 is 10.7. The summed E-state index contributed by atoms with van der Waals surface area (Å²) in [6.45, 7) is 2.22. The third-order valence-electron chi connectivity index (χ3n) is 8.41. The maximum absolute atomic E-state index is 14.1. The van der Waals surface area contributed by atoms with Crippen LogP contribution in [0.2, 0.25) is 0 Å². The Morgan fingerprint density at radius 2 is 1.05 bits per heavy atom. The highest BCUT2D eigenvalue weighted by Gasteiger charge is 2.43. The van der Waals surface area contributed by atoms with E-state index >= 15 is 0 Å². The van der Waals surface area contributed by atoms with Crippen molar-refractivity contribution in [2.75, 3.05) is 13.2 Å². The zero-order chi connectivity index (χ0) is 30.2. The Kier molecular flexibility index (Phi) is 9.87. The van der Waals surface area contributed by atoms with E-state index in [0.29, 0.717) is 38.5 Å². The van der Waals surface area contributed by atoms with Crippen molar-refractivity contribution in [3.8, 4) is 0 Å². The van der Waals surface area contributed by atoms with E-state index in [9.17, 15) is 19.2 Å². The number of hydrogen-bond acceptors (Lipinski definition) is 6. The summed E-state index contributed by atoms with van der Waals surface area (Å²) in [6.07, 6.45) is 1.49. The molecule has 8 heteroatoms. The lowest BCUT2D eigenvalue weighted by atomic mass is 9.87. The fraction of sp³-hybridized carbons (Fsp3) is 0.371. The molecule has 2 unspecified atom stereocenters. The Morgan fingerprint density at radius 1 is 0.651 bits per heavy atom. The maximum Gasteiger partial charge on any atom is 0.416 e. The first-order chi connectivity index (χ1) is 20.9. The number of hydrogen-bond donors (Lipinski definition) is 0. The van der Waals surface area contributed by atoms with Crippen LogP contribution < -0.4 is 0 Å². The smallest absolute Gasteiger partial charge is 0.416 e. The molecule has 2 fully saturated rings. The van der Waals surface area contributed by atoms with E-state index in [-0.39, 0.29) is 31.1 Å². The molecule has 2 aliphatic rings. The Hall–Kier alpha value is -4.46. The van der Waals surface area contributed by atoms with Crippen LogP contribution in [0.4, 0.5) is 9.59 Å². The van der Waals surface area contributed by atoms with E-state index in [2.05, 4.69) is 0 Å². The number of nitrogens with zero attached hydrogens (tertiary/aromatic N) is 2. The first kappa shape index (κ1) is 30.0. The summed E-state index contributed by atoms with van der Waals surface area (Å²) in [5, 5.41) is 0. The summed E-state index contributed by atoms with van der Waals surface area (Å²) in [6, 6.07) is 28.3. The number of imide groups is 2. The van der Waals surface area contributed by atoms with Crippen molar-refractivity contribution in [1.82, 2.24) is 9.80 Å². The summed E-state index contributed by atoms with van der Waals surface area (Å²) in [5.41, 5.74) is 3.01. The first-order valence-corrected chi connectivity index (χ1v) is 15.1. The van der Waals surface area contributed by atoms with Gasteiger partial charge in [0.05, 0.1) is 12.1 Å². The standard InChI is InChI=1S/C35H38N2O6/c1-2-28(32(38)36-30(23-42-34(36)40)21-26-14-8-4-9-15-26)18-19-29(20-25-12-6-3-7-13-25)33(39)37-31(24-43-35(37)41)22-27-16-10-5-11-17-27/h3-17,28-31H,2,18-24H2,1H3/t28-,29+,30?,31?/m0/s1. The van der Waals surface area contributed by atoms with E-state index < -0.39 is 30.1 Å². The van der Waals surface area contributed by atoms with Crippen molar-refractivity contribution in [2.45, 2.75) is 57.5 Å². The topological polar surface area (TPSA) is 93.2 Å². The van der Waals surface area contributed by atoms with Crippen LogP contribution in [0.1, 0.15) is 42.9 Å². The maximum atomic E-state index is 14.1. The zero-order valence-corrected chi connectivity index (χ0v) is 24.5. The lowest BCUT2D eigenvalue weighted by molar-refractivity contribution is -0.136.